The maximum absolute atomic E-state index is 13.3. The zero-order chi connectivity index (χ0) is 24.5. The van der Waals surface area contributed by atoms with Crippen molar-refractivity contribution in [1.82, 2.24) is 9.80 Å². The van der Waals surface area contributed by atoms with Crippen molar-refractivity contribution in [1.29, 1.82) is 5.26 Å². The number of carbonyl (C=O) groups is 1. The summed E-state index contributed by atoms with van der Waals surface area (Å²) in [5.41, 5.74) is 2.94. The number of benzene rings is 1. The largest absolute Gasteiger partial charge is 0.315 e. The van der Waals surface area contributed by atoms with E-state index < -0.39 is 0 Å². The van der Waals surface area contributed by atoms with Crippen LogP contribution < -0.4 is 5.32 Å². The summed E-state index contributed by atoms with van der Waals surface area (Å²) in [5, 5.41) is 14.0. The number of hydrogen-bond acceptors (Lipinski definition) is 5. The molecule has 8 heteroatoms. The second-order valence-electron chi connectivity index (χ2n) is 10.5. The van der Waals surface area contributed by atoms with Crippen molar-refractivity contribution in [3.63, 3.8) is 0 Å². The van der Waals surface area contributed by atoms with E-state index in [4.69, 9.17) is 11.6 Å². The summed E-state index contributed by atoms with van der Waals surface area (Å²) in [7, 11) is 0. The number of nitrogens with zero attached hydrogens (tertiary/aromatic N) is 3. The Labute approximate surface area is 210 Å². The van der Waals surface area contributed by atoms with E-state index in [1.165, 1.54) is 17.0 Å². The normalized spacial score (nSPS) is 19.5. The fourth-order valence-corrected chi connectivity index (χ4v) is 6.42. The highest BCUT2D eigenvalue weighted by Crippen LogP contribution is 2.44. The highest BCUT2D eigenvalue weighted by Gasteiger charge is 2.32. The number of fused-ring (bicyclic) bond motifs is 1. The van der Waals surface area contributed by atoms with Gasteiger partial charge in [-0.15, -0.1) is 11.3 Å². The minimum atomic E-state index is -0.329. The molecule has 4 rings (SSSR count). The molecule has 34 heavy (non-hydrogen) atoms. The number of piperazine rings is 1. The minimum Gasteiger partial charge on any atom is -0.315 e. The average Bonchev–Trinajstić information content (AvgIpc) is 3.12. The molecule has 1 fully saturated rings. The van der Waals surface area contributed by atoms with E-state index in [2.05, 4.69) is 42.0 Å². The molecule has 1 aliphatic heterocycles. The van der Waals surface area contributed by atoms with Crippen LogP contribution in [-0.2, 0) is 24.2 Å². The summed E-state index contributed by atoms with van der Waals surface area (Å²) >= 11 is 7.74. The van der Waals surface area contributed by atoms with E-state index in [9.17, 15) is 14.4 Å². The number of halogens is 2. The number of carbonyl (C=O) groups excluding carboxylic acids is 1. The molecule has 2 aromatic rings. The van der Waals surface area contributed by atoms with E-state index in [1.807, 2.05) is 0 Å². The van der Waals surface area contributed by atoms with E-state index in [0.717, 1.165) is 56.6 Å². The van der Waals surface area contributed by atoms with Gasteiger partial charge in [-0.05, 0) is 53.9 Å². The van der Waals surface area contributed by atoms with Crippen LogP contribution in [0.5, 0.6) is 0 Å². The molecule has 1 aromatic heterocycles. The first kappa shape index (κ1) is 25.1. The lowest BCUT2D eigenvalue weighted by molar-refractivity contribution is -0.117. The number of nitriles is 1. The van der Waals surface area contributed by atoms with Crippen LogP contribution in [0.4, 0.5) is 9.39 Å². The summed E-state index contributed by atoms with van der Waals surface area (Å²) in [6, 6.07) is 6.85. The van der Waals surface area contributed by atoms with Crippen LogP contribution in [0, 0.1) is 28.5 Å². The Bertz CT molecular complexity index is 1100. The molecule has 2 aliphatic rings. The van der Waals surface area contributed by atoms with Gasteiger partial charge in [0.25, 0.3) is 0 Å². The molecule has 182 valence electrons. The molecule has 0 saturated carbocycles. The summed E-state index contributed by atoms with van der Waals surface area (Å²) < 4.78 is 13.3. The number of thiophene rings is 1. The molecule has 0 bridgehead atoms. The molecule has 1 saturated heterocycles. The lowest BCUT2D eigenvalue weighted by atomic mass is 9.72. The first-order valence-electron chi connectivity index (χ1n) is 11.9. The Kier molecular flexibility index (Phi) is 7.63. The van der Waals surface area contributed by atoms with Crippen molar-refractivity contribution < 1.29 is 9.18 Å². The number of rotatable bonds is 5. The van der Waals surface area contributed by atoms with E-state index >= 15 is 0 Å². The van der Waals surface area contributed by atoms with Gasteiger partial charge < -0.3 is 5.32 Å². The summed E-state index contributed by atoms with van der Waals surface area (Å²) in [6.45, 7) is 11.0. The Morgan fingerprint density at radius 3 is 2.62 bits per heavy atom. The number of hydrogen-bond donors (Lipinski definition) is 1. The quantitative estimate of drug-likeness (QED) is 0.601. The molecular weight excluding hydrogens is 471 g/mol. The predicted octanol–water partition coefficient (Wildman–Crippen LogP) is 5.32. The van der Waals surface area contributed by atoms with Crippen LogP contribution in [0.25, 0.3) is 0 Å². The fraction of sp³-hybridized carbons (Fsp3) is 0.538. The van der Waals surface area contributed by atoms with Crippen molar-refractivity contribution >= 4 is 33.8 Å². The zero-order valence-corrected chi connectivity index (χ0v) is 21.7. The van der Waals surface area contributed by atoms with Gasteiger partial charge in [0, 0.05) is 42.6 Å². The number of amides is 1. The number of nitrogens with one attached hydrogen (secondary N) is 1. The fourth-order valence-electron chi connectivity index (χ4n) is 4.90. The van der Waals surface area contributed by atoms with Gasteiger partial charge in [0.15, 0.2) is 0 Å². The summed E-state index contributed by atoms with van der Waals surface area (Å²) in [6.07, 6.45) is 2.98. The van der Waals surface area contributed by atoms with Crippen LogP contribution in [-0.4, -0.2) is 48.4 Å². The second kappa shape index (κ2) is 10.3. The highest BCUT2D eigenvalue weighted by molar-refractivity contribution is 7.16. The van der Waals surface area contributed by atoms with Crippen LogP contribution in [0.1, 0.15) is 48.8 Å². The third kappa shape index (κ3) is 5.80. The monoisotopic (exact) mass is 502 g/mol. The van der Waals surface area contributed by atoms with Gasteiger partial charge in [-0.3, -0.25) is 14.6 Å². The Hall–Kier alpha value is -1.98. The average molecular weight is 503 g/mol. The van der Waals surface area contributed by atoms with Crippen molar-refractivity contribution in [2.24, 2.45) is 11.3 Å². The van der Waals surface area contributed by atoms with Gasteiger partial charge in [0.2, 0.25) is 5.91 Å². The van der Waals surface area contributed by atoms with Crippen molar-refractivity contribution in [2.45, 2.75) is 46.6 Å². The standard InChI is InChI=1S/C26H32ClFN4OS/c1-26(2,3)18-5-7-20-21(14-29)25(34-23(20)12-18)30-24(33)16-32-10-8-31(9-11-32)15-17-4-6-19(28)13-22(17)27/h4,6,13,18H,5,7-12,15-16H2,1-3H3,(H,30,33). The molecule has 2 heterocycles. The Morgan fingerprint density at radius 2 is 1.97 bits per heavy atom. The predicted molar refractivity (Wildman–Crippen MR) is 136 cm³/mol. The van der Waals surface area contributed by atoms with Gasteiger partial charge in [-0.1, -0.05) is 38.4 Å². The lowest BCUT2D eigenvalue weighted by Crippen LogP contribution is -2.48. The molecule has 0 spiro atoms. The molecule has 1 unspecified atom stereocenters. The molecule has 1 atom stereocenters. The zero-order valence-electron chi connectivity index (χ0n) is 20.1. The Morgan fingerprint density at radius 1 is 1.26 bits per heavy atom. The molecule has 5 nitrogen and oxygen atoms in total. The first-order valence-corrected chi connectivity index (χ1v) is 13.1. The molecular formula is C26H32ClFN4OS. The highest BCUT2D eigenvalue weighted by atomic mass is 35.5. The van der Waals surface area contributed by atoms with E-state index in [1.54, 1.807) is 17.4 Å². The summed E-state index contributed by atoms with van der Waals surface area (Å²) in [4.78, 5) is 18.5. The minimum absolute atomic E-state index is 0.0718. The van der Waals surface area contributed by atoms with Crippen molar-refractivity contribution in [3.8, 4) is 6.07 Å². The second-order valence-corrected chi connectivity index (χ2v) is 12.0. The lowest BCUT2D eigenvalue weighted by Gasteiger charge is -2.34. The van der Waals surface area contributed by atoms with Gasteiger partial charge >= 0.3 is 0 Å². The molecule has 1 aromatic carbocycles. The maximum atomic E-state index is 13.3. The maximum Gasteiger partial charge on any atom is 0.239 e. The summed E-state index contributed by atoms with van der Waals surface area (Å²) in [5.74, 6) is 0.192. The van der Waals surface area contributed by atoms with Crippen LogP contribution >= 0.6 is 22.9 Å². The SMILES string of the molecule is CC(C)(C)C1CCc2c(sc(NC(=O)CN3CCN(Cc4ccc(F)cc4Cl)CC3)c2C#N)C1. The first-order chi connectivity index (χ1) is 16.1. The van der Waals surface area contributed by atoms with Gasteiger partial charge in [-0.2, -0.15) is 5.26 Å². The van der Waals surface area contributed by atoms with Gasteiger partial charge in [0.05, 0.1) is 12.1 Å². The van der Waals surface area contributed by atoms with Crippen molar-refractivity contribution in [2.75, 3.05) is 38.0 Å². The smallest absolute Gasteiger partial charge is 0.239 e. The third-order valence-corrected chi connectivity index (χ3v) is 8.62. The van der Waals surface area contributed by atoms with Crippen LogP contribution in [0.15, 0.2) is 18.2 Å². The molecule has 1 amide bonds. The molecule has 0 radical (unpaired) electrons. The third-order valence-electron chi connectivity index (χ3n) is 7.10. The van der Waals surface area contributed by atoms with E-state index in [-0.39, 0.29) is 17.1 Å². The van der Waals surface area contributed by atoms with Gasteiger partial charge in [-0.25, -0.2) is 4.39 Å². The topological polar surface area (TPSA) is 59.4 Å². The molecule has 1 aliphatic carbocycles. The molecule has 1 N–H and O–H groups in total. The van der Waals surface area contributed by atoms with Crippen LogP contribution in [0.2, 0.25) is 5.02 Å². The van der Waals surface area contributed by atoms with Crippen LogP contribution in [0.3, 0.4) is 0 Å². The van der Waals surface area contributed by atoms with Crippen molar-refractivity contribution in [3.05, 3.63) is 50.6 Å². The number of anilines is 1. The van der Waals surface area contributed by atoms with Gasteiger partial charge in [0.1, 0.15) is 16.9 Å². The Balaban J connectivity index is 1.31. The van der Waals surface area contributed by atoms with E-state index in [0.29, 0.717) is 34.6 Å².